The predicted octanol–water partition coefficient (Wildman–Crippen LogP) is 2.73. The van der Waals surface area contributed by atoms with Gasteiger partial charge in [0, 0.05) is 11.3 Å². The van der Waals surface area contributed by atoms with E-state index in [-0.39, 0.29) is 0 Å². The zero-order valence-electron chi connectivity index (χ0n) is 9.29. The van der Waals surface area contributed by atoms with Crippen LogP contribution in [0.1, 0.15) is 43.2 Å². The highest BCUT2D eigenvalue weighted by Crippen LogP contribution is 2.39. The van der Waals surface area contributed by atoms with Crippen molar-refractivity contribution in [2.75, 3.05) is 5.73 Å². The molecule has 0 aromatic heterocycles. The molecule has 0 unspecified atom stereocenters. The second-order valence-corrected chi connectivity index (χ2v) is 4.68. The van der Waals surface area contributed by atoms with Gasteiger partial charge in [0.1, 0.15) is 0 Å². The zero-order valence-corrected chi connectivity index (χ0v) is 9.29. The number of hydrogen-bond donors (Lipinski definition) is 2. The van der Waals surface area contributed by atoms with Gasteiger partial charge in [-0.2, -0.15) is 0 Å². The molecule has 0 heterocycles. The van der Waals surface area contributed by atoms with Crippen molar-refractivity contribution in [3.8, 4) is 0 Å². The fourth-order valence-corrected chi connectivity index (χ4v) is 2.51. The first kappa shape index (κ1) is 10.5. The van der Waals surface area contributed by atoms with Gasteiger partial charge in [-0.25, -0.2) is 0 Å². The van der Waals surface area contributed by atoms with Gasteiger partial charge in [-0.05, 0) is 31.4 Å². The summed E-state index contributed by atoms with van der Waals surface area (Å²) in [6.45, 7) is 2.02. The Morgan fingerprint density at radius 3 is 2.47 bits per heavy atom. The van der Waals surface area contributed by atoms with Gasteiger partial charge < -0.3 is 10.8 Å². The molecule has 1 aromatic carbocycles. The summed E-state index contributed by atoms with van der Waals surface area (Å²) in [5, 5.41) is 10.5. The second-order valence-electron chi connectivity index (χ2n) is 4.68. The average Bonchev–Trinajstić information content (AvgIpc) is 2.18. The topological polar surface area (TPSA) is 46.2 Å². The molecule has 2 heteroatoms. The van der Waals surface area contributed by atoms with Crippen LogP contribution in [-0.2, 0) is 5.60 Å². The van der Waals surface area contributed by atoms with Crippen molar-refractivity contribution in [2.45, 2.75) is 44.6 Å². The first-order chi connectivity index (χ1) is 7.12. The van der Waals surface area contributed by atoms with Crippen LogP contribution in [0, 0.1) is 6.92 Å². The molecule has 1 saturated carbocycles. The first-order valence-electron chi connectivity index (χ1n) is 5.71. The van der Waals surface area contributed by atoms with Crippen molar-refractivity contribution in [1.29, 1.82) is 0 Å². The number of rotatable bonds is 1. The van der Waals surface area contributed by atoms with Gasteiger partial charge in [-0.3, -0.25) is 0 Å². The van der Waals surface area contributed by atoms with Crippen LogP contribution in [-0.4, -0.2) is 5.11 Å². The summed E-state index contributed by atoms with van der Waals surface area (Å²) in [4.78, 5) is 0. The molecule has 2 rings (SSSR count). The summed E-state index contributed by atoms with van der Waals surface area (Å²) in [6, 6.07) is 5.95. The number of nitrogens with two attached hydrogens (primary N) is 1. The van der Waals surface area contributed by atoms with E-state index in [4.69, 9.17) is 5.73 Å². The second kappa shape index (κ2) is 3.86. The molecule has 0 saturated heterocycles. The number of aliphatic hydroxyl groups is 1. The van der Waals surface area contributed by atoms with Gasteiger partial charge in [-0.15, -0.1) is 0 Å². The normalized spacial score (nSPS) is 20.1. The van der Waals surface area contributed by atoms with Gasteiger partial charge in [0.2, 0.25) is 0 Å². The number of nitrogen functional groups attached to an aromatic ring is 1. The van der Waals surface area contributed by atoms with E-state index in [1.54, 1.807) is 0 Å². The Kier molecular flexibility index (Phi) is 2.70. The largest absolute Gasteiger partial charge is 0.398 e. The van der Waals surface area contributed by atoms with Crippen molar-refractivity contribution >= 4 is 5.69 Å². The molecule has 1 aliphatic rings. The van der Waals surface area contributed by atoms with Gasteiger partial charge in [0.05, 0.1) is 5.60 Å². The number of anilines is 1. The van der Waals surface area contributed by atoms with Crippen molar-refractivity contribution in [1.82, 2.24) is 0 Å². The Morgan fingerprint density at radius 1 is 1.20 bits per heavy atom. The van der Waals surface area contributed by atoms with Crippen LogP contribution in [0.25, 0.3) is 0 Å². The third-order valence-corrected chi connectivity index (χ3v) is 3.39. The SMILES string of the molecule is Cc1ccc(C2(O)CCCCC2)c(N)c1. The maximum Gasteiger partial charge on any atom is 0.0916 e. The molecule has 0 radical (unpaired) electrons. The van der Waals surface area contributed by atoms with E-state index < -0.39 is 5.60 Å². The minimum atomic E-state index is -0.671. The summed E-state index contributed by atoms with van der Waals surface area (Å²) in [6.07, 6.45) is 5.13. The Hall–Kier alpha value is -1.02. The molecule has 82 valence electrons. The fourth-order valence-electron chi connectivity index (χ4n) is 2.51. The lowest BCUT2D eigenvalue weighted by atomic mass is 9.79. The molecular weight excluding hydrogens is 186 g/mol. The molecule has 0 aliphatic heterocycles. The molecule has 1 fully saturated rings. The number of aryl methyl sites for hydroxylation is 1. The highest BCUT2D eigenvalue weighted by atomic mass is 16.3. The van der Waals surface area contributed by atoms with Crippen LogP contribution < -0.4 is 5.73 Å². The third kappa shape index (κ3) is 2.00. The minimum absolute atomic E-state index is 0.671. The van der Waals surface area contributed by atoms with Crippen LogP contribution in [0.15, 0.2) is 18.2 Å². The van der Waals surface area contributed by atoms with E-state index in [1.165, 1.54) is 6.42 Å². The third-order valence-electron chi connectivity index (χ3n) is 3.39. The van der Waals surface area contributed by atoms with E-state index in [2.05, 4.69) is 0 Å². The van der Waals surface area contributed by atoms with E-state index in [0.29, 0.717) is 0 Å². The van der Waals surface area contributed by atoms with Gasteiger partial charge in [0.25, 0.3) is 0 Å². The van der Waals surface area contributed by atoms with Crippen LogP contribution in [0.4, 0.5) is 5.69 Å². The Labute approximate surface area is 91.1 Å². The van der Waals surface area contributed by atoms with Gasteiger partial charge >= 0.3 is 0 Å². The highest BCUT2D eigenvalue weighted by Gasteiger charge is 2.32. The average molecular weight is 205 g/mol. The highest BCUT2D eigenvalue weighted by molar-refractivity contribution is 5.51. The number of hydrogen-bond acceptors (Lipinski definition) is 2. The molecule has 15 heavy (non-hydrogen) atoms. The lowest BCUT2D eigenvalue weighted by Crippen LogP contribution is -2.29. The van der Waals surface area contributed by atoms with E-state index in [9.17, 15) is 5.11 Å². The summed E-state index contributed by atoms with van der Waals surface area (Å²) in [5.74, 6) is 0. The van der Waals surface area contributed by atoms with E-state index in [1.807, 2.05) is 25.1 Å². The Morgan fingerprint density at radius 2 is 1.87 bits per heavy atom. The maximum absolute atomic E-state index is 10.5. The summed E-state index contributed by atoms with van der Waals surface area (Å²) in [7, 11) is 0. The summed E-state index contributed by atoms with van der Waals surface area (Å²) in [5.41, 5.74) is 8.12. The molecule has 0 spiro atoms. The van der Waals surface area contributed by atoms with Crippen molar-refractivity contribution in [2.24, 2.45) is 0 Å². The molecular formula is C13H19NO. The Balaban J connectivity index is 2.35. The number of benzene rings is 1. The standard InChI is InChI=1S/C13H19NO/c1-10-5-6-11(12(14)9-10)13(15)7-3-2-4-8-13/h5-6,9,15H,2-4,7-8,14H2,1H3. The van der Waals surface area contributed by atoms with Crippen LogP contribution in [0.5, 0.6) is 0 Å². The molecule has 2 nitrogen and oxygen atoms in total. The summed E-state index contributed by atoms with van der Waals surface area (Å²) < 4.78 is 0. The minimum Gasteiger partial charge on any atom is -0.398 e. The molecule has 0 atom stereocenters. The van der Waals surface area contributed by atoms with Gasteiger partial charge in [0.15, 0.2) is 0 Å². The van der Waals surface area contributed by atoms with Crippen molar-refractivity contribution < 1.29 is 5.11 Å². The monoisotopic (exact) mass is 205 g/mol. The molecule has 0 bridgehead atoms. The summed E-state index contributed by atoms with van der Waals surface area (Å²) >= 11 is 0. The van der Waals surface area contributed by atoms with E-state index >= 15 is 0 Å². The van der Waals surface area contributed by atoms with Crippen LogP contribution >= 0.6 is 0 Å². The zero-order chi connectivity index (χ0) is 10.9. The van der Waals surface area contributed by atoms with Gasteiger partial charge in [-0.1, -0.05) is 31.4 Å². The Bertz CT molecular complexity index is 354. The molecule has 1 aliphatic carbocycles. The molecule has 0 amide bonds. The van der Waals surface area contributed by atoms with Crippen molar-refractivity contribution in [3.05, 3.63) is 29.3 Å². The van der Waals surface area contributed by atoms with Crippen LogP contribution in [0.2, 0.25) is 0 Å². The molecule has 1 aromatic rings. The predicted molar refractivity (Wildman–Crippen MR) is 62.6 cm³/mol. The molecule has 3 N–H and O–H groups in total. The first-order valence-corrected chi connectivity index (χ1v) is 5.71. The van der Waals surface area contributed by atoms with E-state index in [0.717, 1.165) is 42.5 Å². The lowest BCUT2D eigenvalue weighted by Gasteiger charge is -2.33. The lowest BCUT2D eigenvalue weighted by molar-refractivity contribution is 0.0000778. The van der Waals surface area contributed by atoms with Crippen molar-refractivity contribution in [3.63, 3.8) is 0 Å². The van der Waals surface area contributed by atoms with Crippen LogP contribution in [0.3, 0.4) is 0 Å². The fraction of sp³-hybridized carbons (Fsp3) is 0.538. The quantitative estimate of drug-likeness (QED) is 0.692. The smallest absolute Gasteiger partial charge is 0.0916 e. The maximum atomic E-state index is 10.5.